The van der Waals surface area contributed by atoms with Crippen LogP contribution in [0.5, 0.6) is 5.75 Å². The molecule has 1 atom stereocenters. The van der Waals surface area contributed by atoms with Crippen molar-refractivity contribution in [3.05, 3.63) is 29.8 Å². The third-order valence-electron chi connectivity index (χ3n) is 6.86. The largest absolute Gasteiger partial charge is 0.508 e. The number of amides is 1. The van der Waals surface area contributed by atoms with Gasteiger partial charge in [0.25, 0.3) is 0 Å². The van der Waals surface area contributed by atoms with Gasteiger partial charge in [-0.15, -0.1) is 0 Å². The molecule has 0 bridgehead atoms. The van der Waals surface area contributed by atoms with Crippen LogP contribution in [0.25, 0.3) is 0 Å². The predicted octanol–water partition coefficient (Wildman–Crippen LogP) is 7.94. The Morgan fingerprint density at radius 2 is 1.18 bits per heavy atom. The van der Waals surface area contributed by atoms with Crippen molar-refractivity contribution in [3.63, 3.8) is 0 Å². The number of phenolic OH excluding ortho intramolecular Hbond substituents is 1. The summed E-state index contributed by atoms with van der Waals surface area (Å²) in [7, 11) is 0. The van der Waals surface area contributed by atoms with E-state index in [1.165, 1.54) is 76.3 Å². The fourth-order valence-electron chi connectivity index (χ4n) is 4.45. The number of hydrogen-bond acceptors (Lipinski definition) is 3. The topological polar surface area (TPSA) is 86.6 Å². The van der Waals surface area contributed by atoms with Crippen molar-refractivity contribution in [2.45, 2.75) is 141 Å². The number of unbranched alkanes of at least 4 members (excludes halogenated alkanes) is 16. The smallest absolute Gasteiger partial charge is 0.326 e. The summed E-state index contributed by atoms with van der Waals surface area (Å²) in [6.07, 6.45) is 21.9. The van der Waals surface area contributed by atoms with Crippen molar-refractivity contribution < 1.29 is 19.8 Å². The van der Waals surface area contributed by atoms with Crippen LogP contribution in [0.3, 0.4) is 0 Å². The van der Waals surface area contributed by atoms with Crippen LogP contribution < -0.4 is 5.32 Å². The van der Waals surface area contributed by atoms with Gasteiger partial charge in [-0.3, -0.25) is 4.79 Å². The summed E-state index contributed by atoms with van der Waals surface area (Å²) < 4.78 is 0. The van der Waals surface area contributed by atoms with Gasteiger partial charge in [0.05, 0.1) is 0 Å². The first-order valence-corrected chi connectivity index (χ1v) is 15.3. The van der Waals surface area contributed by atoms with Crippen molar-refractivity contribution in [1.82, 2.24) is 5.32 Å². The van der Waals surface area contributed by atoms with E-state index in [2.05, 4.69) is 35.9 Å². The zero-order valence-corrected chi connectivity index (χ0v) is 24.2. The van der Waals surface area contributed by atoms with Crippen molar-refractivity contribution in [2.24, 2.45) is 0 Å². The maximum atomic E-state index is 12.2. The Bertz CT molecular complexity index is 901. The van der Waals surface area contributed by atoms with Gasteiger partial charge in [0.1, 0.15) is 11.8 Å². The minimum atomic E-state index is -1.06. The molecule has 0 saturated heterocycles. The van der Waals surface area contributed by atoms with Crippen molar-refractivity contribution in [2.75, 3.05) is 0 Å². The molecule has 1 rings (SSSR count). The summed E-state index contributed by atoms with van der Waals surface area (Å²) in [5.74, 6) is 11.1. The number of phenols is 1. The van der Waals surface area contributed by atoms with Crippen LogP contribution in [0.1, 0.15) is 134 Å². The average Bonchev–Trinajstić information content (AvgIpc) is 2.92. The van der Waals surface area contributed by atoms with E-state index in [1.54, 1.807) is 12.1 Å². The molecule has 0 aromatic heterocycles. The number of aromatic hydroxyl groups is 1. The molecule has 216 valence electrons. The number of benzene rings is 1. The molecule has 3 N–H and O–H groups in total. The highest BCUT2D eigenvalue weighted by Gasteiger charge is 2.20. The van der Waals surface area contributed by atoms with Gasteiger partial charge in [0.2, 0.25) is 5.91 Å². The lowest BCUT2D eigenvalue weighted by molar-refractivity contribution is -0.141. The second-order valence-corrected chi connectivity index (χ2v) is 10.5. The molecular formula is C34H51NO4. The van der Waals surface area contributed by atoms with E-state index in [0.29, 0.717) is 6.42 Å². The van der Waals surface area contributed by atoms with Crippen molar-refractivity contribution in [1.29, 1.82) is 0 Å². The highest BCUT2D eigenvalue weighted by molar-refractivity contribution is 5.83. The third kappa shape index (κ3) is 20.7. The standard InChI is InChI=1S/C34H51NO4/c1-2-3-4-5-6-7-8-9-10-11-12-13-14-15-16-17-18-19-20-21-22-23-24-33(37)35-32(34(38)39)29-30-25-27-31(36)28-26-30/h25-28,32,36H,2-12,17-24,29H2,1H3,(H,35,37)(H,38,39)/t32-/m0/s1. The number of nitrogens with one attached hydrogen (secondary N) is 1. The molecule has 0 aliphatic carbocycles. The van der Waals surface area contributed by atoms with E-state index < -0.39 is 12.0 Å². The van der Waals surface area contributed by atoms with E-state index in [-0.39, 0.29) is 18.1 Å². The van der Waals surface area contributed by atoms with Gasteiger partial charge in [-0.25, -0.2) is 4.79 Å². The molecule has 0 aliphatic heterocycles. The molecule has 1 amide bonds. The third-order valence-corrected chi connectivity index (χ3v) is 6.86. The van der Waals surface area contributed by atoms with Crippen molar-refractivity contribution >= 4 is 11.9 Å². The molecule has 0 heterocycles. The number of rotatable bonds is 22. The summed E-state index contributed by atoms with van der Waals surface area (Å²) in [4.78, 5) is 23.7. The number of carboxylic acid groups (broad SMARTS) is 1. The number of carboxylic acids is 1. The van der Waals surface area contributed by atoms with Crippen LogP contribution in [0.15, 0.2) is 24.3 Å². The number of hydrogen-bond donors (Lipinski definition) is 3. The molecule has 5 heteroatoms. The first kappa shape index (κ1) is 34.1. The molecule has 0 saturated carbocycles. The first-order valence-electron chi connectivity index (χ1n) is 15.3. The molecule has 39 heavy (non-hydrogen) atoms. The Morgan fingerprint density at radius 1 is 0.718 bits per heavy atom. The van der Waals surface area contributed by atoms with Gasteiger partial charge >= 0.3 is 5.97 Å². The second kappa shape index (κ2) is 24.1. The monoisotopic (exact) mass is 537 g/mol. The van der Waals surface area contributed by atoms with Crippen LogP contribution in [-0.4, -0.2) is 28.1 Å². The molecular weight excluding hydrogens is 486 g/mol. The zero-order chi connectivity index (χ0) is 28.4. The second-order valence-electron chi connectivity index (χ2n) is 10.5. The first-order chi connectivity index (χ1) is 19.0. The van der Waals surface area contributed by atoms with Gasteiger partial charge in [-0.1, -0.05) is 114 Å². The van der Waals surface area contributed by atoms with Crippen LogP contribution in [-0.2, 0) is 16.0 Å². The minimum absolute atomic E-state index is 0.127. The van der Waals surface area contributed by atoms with E-state index in [1.807, 2.05) is 0 Å². The number of aliphatic carboxylic acids is 1. The SMILES string of the molecule is CCCCCCCCCCCCC#CC#CCCCCCCCCC(=O)N[C@@H](Cc1ccc(O)cc1)C(=O)O. The van der Waals surface area contributed by atoms with Gasteiger partial charge in [0.15, 0.2) is 0 Å². The van der Waals surface area contributed by atoms with Crippen molar-refractivity contribution in [3.8, 4) is 29.4 Å². The van der Waals surface area contributed by atoms with E-state index in [0.717, 1.165) is 56.9 Å². The zero-order valence-electron chi connectivity index (χ0n) is 24.2. The predicted molar refractivity (Wildman–Crippen MR) is 160 cm³/mol. The molecule has 0 fully saturated rings. The summed E-state index contributed by atoms with van der Waals surface area (Å²) in [6, 6.07) is 5.38. The maximum absolute atomic E-state index is 12.2. The molecule has 1 aromatic carbocycles. The number of carbonyl (C=O) groups is 2. The van der Waals surface area contributed by atoms with E-state index in [4.69, 9.17) is 0 Å². The molecule has 1 aromatic rings. The summed E-state index contributed by atoms with van der Waals surface area (Å²) in [5.41, 5.74) is 0.751. The quantitative estimate of drug-likeness (QED) is 0.103. The average molecular weight is 538 g/mol. The normalized spacial score (nSPS) is 11.1. The fraction of sp³-hybridized carbons (Fsp3) is 0.647. The molecule has 0 aliphatic rings. The fourth-order valence-corrected chi connectivity index (χ4v) is 4.45. The lowest BCUT2D eigenvalue weighted by atomic mass is 10.0. The summed E-state index contributed by atoms with van der Waals surface area (Å²) in [6.45, 7) is 2.26. The highest BCUT2D eigenvalue weighted by atomic mass is 16.4. The van der Waals surface area contributed by atoms with E-state index in [9.17, 15) is 19.8 Å². The van der Waals surface area contributed by atoms with Gasteiger partial charge < -0.3 is 15.5 Å². The Balaban J connectivity index is 1.96. The molecule has 0 radical (unpaired) electrons. The van der Waals surface area contributed by atoms with Gasteiger partial charge in [-0.2, -0.15) is 0 Å². The number of carbonyl (C=O) groups excluding carboxylic acids is 1. The Hall–Kier alpha value is -2.92. The van der Waals surface area contributed by atoms with E-state index >= 15 is 0 Å². The summed E-state index contributed by atoms with van der Waals surface area (Å²) >= 11 is 0. The molecule has 5 nitrogen and oxygen atoms in total. The van der Waals surface area contributed by atoms with Crippen LogP contribution in [0, 0.1) is 23.7 Å². The van der Waals surface area contributed by atoms with Crippen LogP contribution >= 0.6 is 0 Å². The lowest BCUT2D eigenvalue weighted by Gasteiger charge is -2.14. The molecule has 0 spiro atoms. The van der Waals surface area contributed by atoms with Crippen LogP contribution in [0.2, 0.25) is 0 Å². The van der Waals surface area contributed by atoms with Gasteiger partial charge in [-0.05, 0) is 48.8 Å². The Morgan fingerprint density at radius 3 is 1.67 bits per heavy atom. The van der Waals surface area contributed by atoms with Gasteiger partial charge in [0, 0.05) is 25.7 Å². The molecule has 0 unspecified atom stereocenters. The maximum Gasteiger partial charge on any atom is 0.326 e. The Kier molecular flexibility index (Phi) is 21.1. The van der Waals surface area contributed by atoms with Crippen LogP contribution in [0.4, 0.5) is 0 Å². The highest BCUT2D eigenvalue weighted by Crippen LogP contribution is 2.13. The summed E-state index contributed by atoms with van der Waals surface area (Å²) in [5, 5.41) is 21.4. The Labute approximate surface area is 237 Å². The lowest BCUT2D eigenvalue weighted by Crippen LogP contribution is -2.42. The minimum Gasteiger partial charge on any atom is -0.508 e.